The minimum absolute atomic E-state index is 0. The number of nitrogens with one attached hydrogen (secondary N) is 2. The van der Waals surface area contributed by atoms with Crippen LogP contribution in [-0.4, -0.2) is 51.6 Å². The highest BCUT2D eigenvalue weighted by Gasteiger charge is 2.31. The second-order valence-corrected chi connectivity index (χ2v) is 5.20. The van der Waals surface area contributed by atoms with Crippen LogP contribution in [0.4, 0.5) is 13.2 Å². The third-order valence-electron chi connectivity index (χ3n) is 2.09. The molecule has 0 atom stereocenters. The van der Waals surface area contributed by atoms with Crippen LogP contribution in [0.15, 0.2) is 0 Å². The van der Waals surface area contributed by atoms with Gasteiger partial charge < -0.3 is 5.32 Å². The van der Waals surface area contributed by atoms with E-state index in [4.69, 9.17) is 0 Å². The molecule has 1 aliphatic heterocycles. The van der Waals surface area contributed by atoms with Crippen LogP contribution in [0, 0.1) is 0 Å². The first-order valence-corrected chi connectivity index (χ1v) is 6.27. The quantitative estimate of drug-likeness (QED) is 0.777. The van der Waals surface area contributed by atoms with E-state index in [9.17, 15) is 21.6 Å². The standard InChI is InChI=1S/C7H14F3N3O2S.ClH/c8-7(9,10)6-12-16(14,15)13-4-1-2-11-3-5-13;/h11-12H,1-6H2;1H. The lowest BCUT2D eigenvalue weighted by Gasteiger charge is -2.20. The lowest BCUT2D eigenvalue weighted by molar-refractivity contribution is -0.121. The average Bonchev–Trinajstić information content (AvgIpc) is 2.42. The van der Waals surface area contributed by atoms with Crippen LogP contribution in [0.5, 0.6) is 0 Å². The zero-order valence-electron chi connectivity index (χ0n) is 8.96. The molecule has 10 heteroatoms. The summed E-state index contributed by atoms with van der Waals surface area (Å²) in [6.07, 6.45) is -3.94. The van der Waals surface area contributed by atoms with Crippen molar-refractivity contribution in [2.75, 3.05) is 32.7 Å². The highest BCUT2D eigenvalue weighted by Crippen LogP contribution is 2.13. The smallest absolute Gasteiger partial charge is 0.315 e. The highest BCUT2D eigenvalue weighted by atomic mass is 35.5. The van der Waals surface area contributed by atoms with E-state index >= 15 is 0 Å². The lowest BCUT2D eigenvalue weighted by Crippen LogP contribution is -2.45. The average molecular weight is 298 g/mol. The van der Waals surface area contributed by atoms with Gasteiger partial charge in [-0.3, -0.25) is 0 Å². The molecule has 0 amide bonds. The van der Waals surface area contributed by atoms with Gasteiger partial charge in [0, 0.05) is 19.6 Å². The molecule has 0 radical (unpaired) electrons. The van der Waals surface area contributed by atoms with Crippen molar-refractivity contribution in [3.05, 3.63) is 0 Å². The summed E-state index contributed by atoms with van der Waals surface area (Å²) < 4.78 is 61.1. The number of nitrogens with zero attached hydrogens (tertiary/aromatic N) is 1. The molecule has 0 saturated carbocycles. The Morgan fingerprint density at radius 3 is 2.47 bits per heavy atom. The molecule has 5 nitrogen and oxygen atoms in total. The predicted octanol–water partition coefficient (Wildman–Crippen LogP) is 0.100. The van der Waals surface area contributed by atoms with E-state index in [-0.39, 0.29) is 25.5 Å². The molecule has 0 aromatic rings. The molecule has 0 aliphatic carbocycles. The van der Waals surface area contributed by atoms with Crippen molar-refractivity contribution < 1.29 is 21.6 Å². The zero-order valence-corrected chi connectivity index (χ0v) is 10.6. The van der Waals surface area contributed by atoms with Gasteiger partial charge in [0.1, 0.15) is 6.54 Å². The van der Waals surface area contributed by atoms with E-state index in [1.165, 1.54) is 0 Å². The van der Waals surface area contributed by atoms with Crippen molar-refractivity contribution in [1.29, 1.82) is 0 Å². The summed E-state index contributed by atoms with van der Waals surface area (Å²) in [4.78, 5) is 0. The van der Waals surface area contributed by atoms with Gasteiger partial charge in [0.2, 0.25) is 0 Å². The molecular formula is C7H15ClF3N3O2S. The van der Waals surface area contributed by atoms with Crippen molar-refractivity contribution in [2.45, 2.75) is 12.6 Å². The van der Waals surface area contributed by atoms with E-state index in [0.717, 1.165) is 4.31 Å². The molecule has 1 saturated heterocycles. The fraction of sp³-hybridized carbons (Fsp3) is 1.00. The number of alkyl halides is 3. The van der Waals surface area contributed by atoms with Gasteiger partial charge in [-0.15, -0.1) is 12.4 Å². The summed E-state index contributed by atoms with van der Waals surface area (Å²) in [7, 11) is -4.02. The van der Waals surface area contributed by atoms with Gasteiger partial charge in [0.05, 0.1) is 0 Å². The van der Waals surface area contributed by atoms with E-state index in [0.29, 0.717) is 19.5 Å². The Morgan fingerprint density at radius 2 is 1.88 bits per heavy atom. The van der Waals surface area contributed by atoms with Gasteiger partial charge in [-0.25, -0.2) is 0 Å². The number of hydrogen-bond acceptors (Lipinski definition) is 3. The third kappa shape index (κ3) is 6.41. The summed E-state index contributed by atoms with van der Waals surface area (Å²) in [6, 6.07) is 0. The highest BCUT2D eigenvalue weighted by molar-refractivity contribution is 7.87. The van der Waals surface area contributed by atoms with E-state index in [2.05, 4.69) is 5.32 Å². The fourth-order valence-corrected chi connectivity index (χ4v) is 2.56. The van der Waals surface area contributed by atoms with Gasteiger partial charge in [-0.1, -0.05) is 0 Å². The topological polar surface area (TPSA) is 61.4 Å². The van der Waals surface area contributed by atoms with Gasteiger partial charge >= 0.3 is 6.18 Å². The van der Waals surface area contributed by atoms with Crippen molar-refractivity contribution in [2.24, 2.45) is 0 Å². The molecule has 0 bridgehead atoms. The Labute approximate surface area is 104 Å². The second-order valence-electron chi connectivity index (χ2n) is 3.44. The molecule has 0 unspecified atom stereocenters. The first-order chi connectivity index (χ1) is 7.31. The summed E-state index contributed by atoms with van der Waals surface area (Å²) in [6.45, 7) is 0.0187. The van der Waals surface area contributed by atoms with Crippen molar-refractivity contribution in [3.8, 4) is 0 Å². The van der Waals surface area contributed by atoms with Gasteiger partial charge in [0.25, 0.3) is 10.2 Å². The van der Waals surface area contributed by atoms with Crippen LogP contribution < -0.4 is 10.0 Å². The first-order valence-electron chi connectivity index (χ1n) is 4.83. The Kier molecular flexibility index (Phi) is 6.70. The summed E-state index contributed by atoms with van der Waals surface area (Å²) >= 11 is 0. The van der Waals surface area contributed by atoms with Crippen LogP contribution in [-0.2, 0) is 10.2 Å². The van der Waals surface area contributed by atoms with Gasteiger partial charge in [0.15, 0.2) is 0 Å². The summed E-state index contributed by atoms with van der Waals surface area (Å²) in [5.74, 6) is 0. The fourth-order valence-electron chi connectivity index (χ4n) is 1.33. The van der Waals surface area contributed by atoms with Gasteiger partial charge in [-0.2, -0.15) is 30.6 Å². The number of halogens is 4. The minimum Gasteiger partial charge on any atom is -0.315 e. The maximum Gasteiger partial charge on any atom is 0.402 e. The molecule has 1 fully saturated rings. The Hall–Kier alpha value is -0.0900. The molecule has 0 aromatic heterocycles. The van der Waals surface area contributed by atoms with Crippen LogP contribution in [0.1, 0.15) is 6.42 Å². The normalized spacial score (nSPS) is 19.5. The second kappa shape index (κ2) is 6.74. The minimum atomic E-state index is -4.53. The molecule has 1 heterocycles. The third-order valence-corrected chi connectivity index (χ3v) is 3.65. The van der Waals surface area contributed by atoms with Crippen LogP contribution in [0.2, 0.25) is 0 Å². The molecule has 1 rings (SSSR count). The molecule has 1 aliphatic rings. The number of hydrogen-bond donors (Lipinski definition) is 2. The van der Waals surface area contributed by atoms with Crippen LogP contribution >= 0.6 is 12.4 Å². The first kappa shape index (κ1) is 16.9. The number of rotatable bonds is 3. The Balaban J connectivity index is 0.00000256. The maximum absolute atomic E-state index is 11.9. The van der Waals surface area contributed by atoms with Crippen molar-refractivity contribution in [3.63, 3.8) is 0 Å². The largest absolute Gasteiger partial charge is 0.402 e. The van der Waals surface area contributed by atoms with E-state index in [1.807, 2.05) is 0 Å². The zero-order chi connectivity index (χ0) is 12.2. The predicted molar refractivity (Wildman–Crippen MR) is 59.3 cm³/mol. The Bertz CT molecular complexity index is 315. The van der Waals surface area contributed by atoms with Crippen molar-refractivity contribution in [1.82, 2.24) is 14.3 Å². The van der Waals surface area contributed by atoms with Gasteiger partial charge in [-0.05, 0) is 13.0 Å². The maximum atomic E-state index is 11.9. The SMILES string of the molecule is Cl.O=S(=O)(NCC(F)(F)F)N1CCCNCC1. The van der Waals surface area contributed by atoms with E-state index in [1.54, 1.807) is 4.72 Å². The molecule has 104 valence electrons. The lowest BCUT2D eigenvalue weighted by atomic mass is 10.4. The van der Waals surface area contributed by atoms with Crippen molar-refractivity contribution >= 4 is 22.6 Å². The molecular weight excluding hydrogens is 283 g/mol. The van der Waals surface area contributed by atoms with Crippen LogP contribution in [0.25, 0.3) is 0 Å². The van der Waals surface area contributed by atoms with E-state index < -0.39 is 22.9 Å². The molecule has 2 N–H and O–H groups in total. The van der Waals surface area contributed by atoms with Crippen LogP contribution in [0.3, 0.4) is 0 Å². The monoisotopic (exact) mass is 297 g/mol. The molecule has 17 heavy (non-hydrogen) atoms. The molecule has 0 spiro atoms. The summed E-state index contributed by atoms with van der Waals surface area (Å²) in [5.41, 5.74) is 0. The molecule has 0 aromatic carbocycles. The summed E-state index contributed by atoms with van der Waals surface area (Å²) in [5, 5.41) is 2.97. The Morgan fingerprint density at radius 1 is 1.24 bits per heavy atom.